The zero-order chi connectivity index (χ0) is 21.5. The molecule has 0 bridgehead atoms. The molecule has 0 aliphatic carbocycles. The molecule has 0 spiro atoms. The van der Waals surface area contributed by atoms with Crippen LogP contribution in [0.3, 0.4) is 0 Å². The average molecular weight is 561 g/mol. The fourth-order valence-corrected chi connectivity index (χ4v) is 3.82. The van der Waals surface area contributed by atoms with Gasteiger partial charge in [0.1, 0.15) is 5.76 Å². The molecular formula is C22H34ClIN6O. The molecule has 2 heterocycles. The number of guanidine groups is 1. The minimum absolute atomic E-state index is 0. The summed E-state index contributed by atoms with van der Waals surface area (Å²) < 4.78 is 5.19. The molecule has 1 atom stereocenters. The van der Waals surface area contributed by atoms with Gasteiger partial charge < -0.3 is 19.6 Å². The Labute approximate surface area is 207 Å². The van der Waals surface area contributed by atoms with Crippen molar-refractivity contribution in [3.05, 3.63) is 52.4 Å². The molecule has 3 rings (SSSR count). The smallest absolute Gasteiger partial charge is 0.194 e. The number of rotatable bonds is 7. The highest BCUT2D eigenvalue weighted by Crippen LogP contribution is 2.21. The minimum atomic E-state index is 0. The van der Waals surface area contributed by atoms with Gasteiger partial charge in [-0.3, -0.25) is 9.89 Å². The molecule has 31 heavy (non-hydrogen) atoms. The molecule has 7 nitrogen and oxygen atoms in total. The van der Waals surface area contributed by atoms with Crippen molar-refractivity contribution in [2.24, 2.45) is 4.99 Å². The Balaban J connectivity index is 0.00000341. The van der Waals surface area contributed by atoms with Gasteiger partial charge in [0.2, 0.25) is 0 Å². The van der Waals surface area contributed by atoms with Gasteiger partial charge in [-0.1, -0.05) is 28.9 Å². The molecule has 0 amide bonds. The topological polar surface area (TPSA) is 60.1 Å². The third-order valence-corrected chi connectivity index (χ3v) is 5.61. The molecule has 1 unspecified atom stereocenters. The molecular weight excluding hydrogens is 527 g/mol. The Morgan fingerprint density at radius 1 is 1.23 bits per heavy atom. The SMILES string of the molecule is CCNC(=NCC(c1ccc(Cl)cc1)N(C)C)N1CCN(Cc2cc(C)on2)CC1.I. The standard InChI is InChI=1S/C22H33ClN6O.HI/c1-5-24-22(25-15-21(27(3)4)18-6-8-19(23)9-7-18)29-12-10-28(11-13-29)16-20-14-17(2)30-26-20;/h6-9,14,21H,5,10-13,15-16H2,1-4H3,(H,24,25);1H. The Kier molecular flexibility index (Phi) is 10.5. The van der Waals surface area contributed by atoms with Crippen molar-refractivity contribution < 1.29 is 4.52 Å². The first kappa shape index (κ1) is 25.9. The first-order chi connectivity index (χ1) is 14.5. The fraction of sp³-hybridized carbons (Fsp3) is 0.545. The summed E-state index contributed by atoms with van der Waals surface area (Å²) in [5.74, 6) is 1.84. The normalized spacial score (nSPS) is 16.3. The lowest BCUT2D eigenvalue weighted by molar-refractivity contribution is 0.168. The monoisotopic (exact) mass is 560 g/mol. The van der Waals surface area contributed by atoms with E-state index >= 15 is 0 Å². The Bertz CT molecular complexity index is 818. The maximum atomic E-state index is 6.06. The second-order valence-electron chi connectivity index (χ2n) is 7.92. The summed E-state index contributed by atoms with van der Waals surface area (Å²) in [4.78, 5) is 11.9. The second kappa shape index (κ2) is 12.6. The lowest BCUT2D eigenvalue weighted by Gasteiger charge is -2.36. The van der Waals surface area contributed by atoms with Crippen molar-refractivity contribution in [2.45, 2.75) is 26.4 Å². The van der Waals surface area contributed by atoms with Crippen molar-refractivity contribution in [3.63, 3.8) is 0 Å². The number of piperazine rings is 1. The van der Waals surface area contributed by atoms with E-state index in [0.29, 0.717) is 6.54 Å². The third kappa shape index (κ3) is 7.62. The van der Waals surface area contributed by atoms with Crippen LogP contribution in [0.5, 0.6) is 0 Å². The predicted molar refractivity (Wildman–Crippen MR) is 137 cm³/mol. The molecule has 1 saturated heterocycles. The van der Waals surface area contributed by atoms with Gasteiger partial charge in [0.25, 0.3) is 0 Å². The van der Waals surface area contributed by atoms with Crippen LogP contribution in [0.15, 0.2) is 39.8 Å². The second-order valence-corrected chi connectivity index (χ2v) is 8.35. The van der Waals surface area contributed by atoms with E-state index in [0.717, 1.165) is 61.7 Å². The van der Waals surface area contributed by atoms with Crippen molar-refractivity contribution in [3.8, 4) is 0 Å². The molecule has 0 radical (unpaired) electrons. The quantitative estimate of drug-likeness (QED) is 0.317. The summed E-state index contributed by atoms with van der Waals surface area (Å²) in [5, 5.41) is 8.34. The highest BCUT2D eigenvalue weighted by Gasteiger charge is 2.21. The van der Waals surface area contributed by atoms with Gasteiger partial charge in [0.15, 0.2) is 5.96 Å². The highest BCUT2D eigenvalue weighted by molar-refractivity contribution is 14.0. The van der Waals surface area contributed by atoms with Crippen molar-refractivity contribution >= 4 is 41.5 Å². The number of aromatic nitrogens is 1. The minimum Gasteiger partial charge on any atom is -0.361 e. The van der Waals surface area contributed by atoms with Crippen LogP contribution in [-0.2, 0) is 6.54 Å². The molecule has 1 aromatic carbocycles. The van der Waals surface area contributed by atoms with Crippen LogP contribution in [-0.4, -0.2) is 79.2 Å². The Morgan fingerprint density at radius 2 is 1.90 bits per heavy atom. The highest BCUT2D eigenvalue weighted by atomic mass is 127. The lowest BCUT2D eigenvalue weighted by atomic mass is 10.1. The van der Waals surface area contributed by atoms with E-state index in [1.165, 1.54) is 5.56 Å². The summed E-state index contributed by atoms with van der Waals surface area (Å²) >= 11 is 6.06. The van der Waals surface area contributed by atoms with Crippen molar-refractivity contribution in [1.29, 1.82) is 0 Å². The summed E-state index contributed by atoms with van der Waals surface area (Å²) in [5.41, 5.74) is 2.22. The van der Waals surface area contributed by atoms with Crippen molar-refractivity contribution in [2.75, 3.05) is 53.4 Å². The number of nitrogens with one attached hydrogen (secondary N) is 1. The van der Waals surface area contributed by atoms with E-state index in [4.69, 9.17) is 21.1 Å². The first-order valence-electron chi connectivity index (χ1n) is 10.6. The summed E-state index contributed by atoms with van der Waals surface area (Å²) in [6.45, 7) is 10.3. The molecule has 1 aliphatic heterocycles. The molecule has 1 fully saturated rings. The number of hydrogen-bond acceptors (Lipinski definition) is 5. The van der Waals surface area contributed by atoms with E-state index in [1.807, 2.05) is 25.1 Å². The zero-order valence-corrected chi connectivity index (χ0v) is 21.9. The number of aryl methyl sites for hydroxylation is 1. The summed E-state index contributed by atoms with van der Waals surface area (Å²) in [6.07, 6.45) is 0. The largest absolute Gasteiger partial charge is 0.361 e. The first-order valence-corrected chi connectivity index (χ1v) is 10.9. The van der Waals surface area contributed by atoms with E-state index < -0.39 is 0 Å². The molecule has 9 heteroatoms. The molecule has 0 saturated carbocycles. The molecule has 1 aromatic heterocycles. The van der Waals surface area contributed by atoms with Gasteiger partial charge in [-0.05, 0) is 45.6 Å². The van der Waals surface area contributed by atoms with Gasteiger partial charge in [-0.15, -0.1) is 24.0 Å². The van der Waals surface area contributed by atoms with Gasteiger partial charge in [-0.2, -0.15) is 0 Å². The Morgan fingerprint density at radius 3 is 2.45 bits per heavy atom. The number of benzene rings is 1. The molecule has 172 valence electrons. The maximum Gasteiger partial charge on any atom is 0.194 e. The summed E-state index contributed by atoms with van der Waals surface area (Å²) in [7, 11) is 4.18. The van der Waals surface area contributed by atoms with Crippen LogP contribution in [0.2, 0.25) is 5.02 Å². The number of aliphatic imine (C=N–C) groups is 1. The number of hydrogen-bond donors (Lipinski definition) is 1. The van der Waals surface area contributed by atoms with Crippen LogP contribution in [0.4, 0.5) is 0 Å². The van der Waals surface area contributed by atoms with E-state index in [9.17, 15) is 0 Å². The third-order valence-electron chi connectivity index (χ3n) is 5.36. The number of likely N-dealkylation sites (N-methyl/N-ethyl adjacent to an activating group) is 1. The van der Waals surface area contributed by atoms with Gasteiger partial charge in [0.05, 0.1) is 18.3 Å². The molecule has 1 N–H and O–H groups in total. The van der Waals surface area contributed by atoms with Crippen LogP contribution < -0.4 is 5.32 Å². The Hall–Kier alpha value is -1.36. The van der Waals surface area contributed by atoms with Crippen molar-refractivity contribution in [1.82, 2.24) is 25.2 Å². The van der Waals surface area contributed by atoms with E-state index in [-0.39, 0.29) is 30.0 Å². The van der Waals surface area contributed by atoms with E-state index in [2.05, 4.69) is 58.3 Å². The number of halogens is 2. The van der Waals surface area contributed by atoms with Crippen LogP contribution in [0.25, 0.3) is 0 Å². The van der Waals surface area contributed by atoms with Gasteiger partial charge in [-0.25, -0.2) is 0 Å². The number of nitrogens with zero attached hydrogens (tertiary/aromatic N) is 5. The fourth-order valence-electron chi connectivity index (χ4n) is 3.69. The van der Waals surface area contributed by atoms with Crippen LogP contribution >= 0.6 is 35.6 Å². The zero-order valence-electron chi connectivity index (χ0n) is 18.8. The van der Waals surface area contributed by atoms with Gasteiger partial charge in [0, 0.05) is 50.4 Å². The predicted octanol–water partition coefficient (Wildman–Crippen LogP) is 3.64. The summed E-state index contributed by atoms with van der Waals surface area (Å²) in [6, 6.07) is 10.3. The average Bonchev–Trinajstić information content (AvgIpc) is 3.13. The molecule has 1 aliphatic rings. The molecule has 2 aromatic rings. The van der Waals surface area contributed by atoms with E-state index in [1.54, 1.807) is 0 Å². The maximum absolute atomic E-state index is 6.06. The lowest BCUT2D eigenvalue weighted by Crippen LogP contribution is -2.52. The van der Waals surface area contributed by atoms with Crippen LogP contribution in [0, 0.1) is 6.92 Å². The van der Waals surface area contributed by atoms with Crippen LogP contribution in [0.1, 0.15) is 30.0 Å². The van der Waals surface area contributed by atoms with Gasteiger partial charge >= 0.3 is 0 Å².